The molecule has 4 heteroatoms. The van der Waals surface area contributed by atoms with Gasteiger partial charge in [-0.2, -0.15) is 0 Å². The molecule has 18 heavy (non-hydrogen) atoms. The van der Waals surface area contributed by atoms with Gasteiger partial charge < -0.3 is 10.4 Å². The molecule has 1 rings (SSSR count). The quantitative estimate of drug-likeness (QED) is 0.758. The minimum absolute atomic E-state index is 0.347. The van der Waals surface area contributed by atoms with E-state index in [1.165, 1.54) is 19.3 Å². The van der Waals surface area contributed by atoms with E-state index in [1.807, 2.05) is 0 Å². The molecule has 0 saturated heterocycles. The van der Waals surface area contributed by atoms with E-state index >= 15 is 0 Å². The average Bonchev–Trinajstić information content (AvgIpc) is 2.25. The number of carbonyl (C=O) groups is 2. The summed E-state index contributed by atoms with van der Waals surface area (Å²) < 4.78 is 0. The maximum Gasteiger partial charge on any atom is 0.316 e. The van der Waals surface area contributed by atoms with Crippen molar-refractivity contribution < 1.29 is 14.7 Å². The van der Waals surface area contributed by atoms with Crippen LogP contribution in [0.15, 0.2) is 0 Å². The highest BCUT2D eigenvalue weighted by Gasteiger charge is 2.37. The van der Waals surface area contributed by atoms with Crippen LogP contribution in [0.1, 0.15) is 52.9 Å². The van der Waals surface area contributed by atoms with Crippen LogP contribution in [-0.2, 0) is 9.59 Å². The van der Waals surface area contributed by atoms with Crippen molar-refractivity contribution in [2.45, 2.75) is 52.9 Å². The molecule has 2 N–H and O–H groups in total. The summed E-state index contributed by atoms with van der Waals surface area (Å²) >= 11 is 0. The number of nitrogens with one attached hydrogen (secondary N) is 1. The Hall–Kier alpha value is -1.06. The predicted molar refractivity (Wildman–Crippen MR) is 70.2 cm³/mol. The van der Waals surface area contributed by atoms with Gasteiger partial charge in [0.05, 0.1) is 0 Å². The molecule has 4 nitrogen and oxygen atoms in total. The van der Waals surface area contributed by atoms with Gasteiger partial charge in [-0.3, -0.25) is 9.59 Å². The maximum atomic E-state index is 12.0. The fourth-order valence-corrected chi connectivity index (χ4v) is 2.61. The molecule has 1 aliphatic carbocycles. The second-order valence-corrected chi connectivity index (χ2v) is 6.39. The Morgan fingerprint density at radius 2 is 1.78 bits per heavy atom. The predicted octanol–water partition coefficient (Wildman–Crippen LogP) is 2.43. The highest BCUT2D eigenvalue weighted by Crippen LogP contribution is 2.27. The summed E-state index contributed by atoms with van der Waals surface area (Å²) in [6.45, 7) is 5.97. The van der Waals surface area contributed by atoms with Crippen molar-refractivity contribution in [2.24, 2.45) is 17.3 Å². The summed E-state index contributed by atoms with van der Waals surface area (Å²) in [7, 11) is 0. The third-order valence-corrected chi connectivity index (χ3v) is 3.66. The van der Waals surface area contributed by atoms with Crippen LogP contribution >= 0.6 is 0 Å². The number of carbonyl (C=O) groups excluding carboxylic acids is 1. The number of hydrogen-bond acceptors (Lipinski definition) is 2. The molecule has 0 aromatic rings. The molecule has 1 aliphatic rings. The first-order chi connectivity index (χ1) is 8.32. The van der Waals surface area contributed by atoms with Crippen LogP contribution in [0.4, 0.5) is 0 Å². The van der Waals surface area contributed by atoms with Gasteiger partial charge in [-0.25, -0.2) is 0 Å². The Kier molecular flexibility index (Phi) is 5.17. The van der Waals surface area contributed by atoms with E-state index in [4.69, 9.17) is 5.11 Å². The van der Waals surface area contributed by atoms with E-state index < -0.39 is 17.3 Å². The molecule has 1 fully saturated rings. The lowest BCUT2D eigenvalue weighted by Gasteiger charge is -2.27. The third kappa shape index (κ3) is 4.31. The normalized spacial score (nSPS) is 19.3. The summed E-state index contributed by atoms with van der Waals surface area (Å²) in [5.74, 6) is -1.83. The first-order valence-corrected chi connectivity index (χ1v) is 6.83. The molecule has 0 aromatic carbocycles. The Morgan fingerprint density at radius 1 is 1.22 bits per heavy atom. The van der Waals surface area contributed by atoms with E-state index in [0.29, 0.717) is 12.5 Å². The van der Waals surface area contributed by atoms with Crippen LogP contribution < -0.4 is 5.32 Å². The molecule has 0 aliphatic heterocycles. The fraction of sp³-hybridized carbons (Fsp3) is 0.857. The molecule has 0 aromatic heterocycles. The molecule has 0 spiro atoms. The van der Waals surface area contributed by atoms with Crippen molar-refractivity contribution in [3.63, 3.8) is 0 Å². The maximum absolute atomic E-state index is 12.0. The Balaban J connectivity index is 2.49. The van der Waals surface area contributed by atoms with Gasteiger partial charge in [0.15, 0.2) is 0 Å². The SMILES string of the molecule is CC(C)(C)C(C(=O)O)C(=O)NCC1CCCCC1. The van der Waals surface area contributed by atoms with Gasteiger partial charge in [-0.15, -0.1) is 0 Å². The van der Waals surface area contributed by atoms with Crippen molar-refractivity contribution in [2.75, 3.05) is 6.54 Å². The smallest absolute Gasteiger partial charge is 0.316 e. The number of amides is 1. The highest BCUT2D eigenvalue weighted by atomic mass is 16.4. The first kappa shape index (κ1) is 15.0. The molecule has 1 saturated carbocycles. The molecule has 104 valence electrons. The minimum atomic E-state index is -1.04. The molecule has 1 amide bonds. The third-order valence-electron chi connectivity index (χ3n) is 3.66. The van der Waals surface area contributed by atoms with Crippen molar-refractivity contribution >= 4 is 11.9 Å². The zero-order chi connectivity index (χ0) is 13.8. The second kappa shape index (κ2) is 6.21. The lowest BCUT2D eigenvalue weighted by Crippen LogP contribution is -2.44. The highest BCUT2D eigenvalue weighted by molar-refractivity contribution is 5.97. The van der Waals surface area contributed by atoms with Crippen LogP contribution in [-0.4, -0.2) is 23.5 Å². The minimum Gasteiger partial charge on any atom is -0.481 e. The second-order valence-electron chi connectivity index (χ2n) is 6.39. The summed E-state index contributed by atoms with van der Waals surface area (Å²) in [6, 6.07) is 0. The summed E-state index contributed by atoms with van der Waals surface area (Å²) in [6.07, 6.45) is 6.02. The summed E-state index contributed by atoms with van der Waals surface area (Å²) in [5.41, 5.74) is -0.553. The Bertz CT molecular complexity index is 301. The molecule has 1 unspecified atom stereocenters. The van der Waals surface area contributed by atoms with E-state index in [0.717, 1.165) is 12.8 Å². The van der Waals surface area contributed by atoms with Gasteiger partial charge in [0.2, 0.25) is 5.91 Å². The lowest BCUT2D eigenvalue weighted by atomic mass is 9.80. The topological polar surface area (TPSA) is 66.4 Å². The lowest BCUT2D eigenvalue weighted by molar-refractivity contribution is -0.151. The summed E-state index contributed by atoms with van der Waals surface area (Å²) in [4.78, 5) is 23.2. The molecular weight excluding hydrogens is 230 g/mol. The molecule has 1 atom stereocenters. The number of hydrogen-bond donors (Lipinski definition) is 2. The number of carboxylic acid groups (broad SMARTS) is 1. The molecule has 0 radical (unpaired) electrons. The Labute approximate surface area is 109 Å². The van der Waals surface area contributed by atoms with Crippen LogP contribution in [0.2, 0.25) is 0 Å². The zero-order valence-electron chi connectivity index (χ0n) is 11.7. The Morgan fingerprint density at radius 3 is 2.22 bits per heavy atom. The van der Waals surface area contributed by atoms with Crippen LogP contribution in [0.3, 0.4) is 0 Å². The van der Waals surface area contributed by atoms with Crippen molar-refractivity contribution in [1.82, 2.24) is 5.32 Å². The molecule has 0 heterocycles. The fourth-order valence-electron chi connectivity index (χ4n) is 2.61. The number of aliphatic carboxylic acids is 1. The van der Waals surface area contributed by atoms with E-state index in [2.05, 4.69) is 5.32 Å². The van der Waals surface area contributed by atoms with E-state index in [9.17, 15) is 9.59 Å². The van der Waals surface area contributed by atoms with Crippen LogP contribution in [0.25, 0.3) is 0 Å². The van der Waals surface area contributed by atoms with E-state index in [-0.39, 0.29) is 5.91 Å². The van der Waals surface area contributed by atoms with Gasteiger partial charge in [-0.05, 0) is 24.2 Å². The van der Waals surface area contributed by atoms with Gasteiger partial charge in [-0.1, -0.05) is 40.0 Å². The van der Waals surface area contributed by atoms with Gasteiger partial charge in [0.25, 0.3) is 0 Å². The molecule has 0 bridgehead atoms. The van der Waals surface area contributed by atoms with Gasteiger partial charge in [0.1, 0.15) is 5.92 Å². The van der Waals surface area contributed by atoms with E-state index in [1.54, 1.807) is 20.8 Å². The van der Waals surface area contributed by atoms with Gasteiger partial charge >= 0.3 is 5.97 Å². The number of carboxylic acids is 1. The summed E-state index contributed by atoms with van der Waals surface area (Å²) in [5, 5.41) is 12.0. The van der Waals surface area contributed by atoms with Crippen molar-refractivity contribution in [3.05, 3.63) is 0 Å². The molecular formula is C14H25NO3. The monoisotopic (exact) mass is 255 g/mol. The average molecular weight is 255 g/mol. The van der Waals surface area contributed by atoms with Crippen LogP contribution in [0, 0.1) is 17.3 Å². The largest absolute Gasteiger partial charge is 0.481 e. The van der Waals surface area contributed by atoms with Crippen LogP contribution in [0.5, 0.6) is 0 Å². The van der Waals surface area contributed by atoms with Gasteiger partial charge in [0, 0.05) is 6.54 Å². The first-order valence-electron chi connectivity index (χ1n) is 6.83. The van der Waals surface area contributed by atoms with Crippen molar-refractivity contribution in [1.29, 1.82) is 0 Å². The number of rotatable bonds is 4. The standard InChI is InChI=1S/C14H25NO3/c1-14(2,3)11(13(17)18)12(16)15-9-10-7-5-4-6-8-10/h10-11H,4-9H2,1-3H3,(H,15,16)(H,17,18). The van der Waals surface area contributed by atoms with Crippen molar-refractivity contribution in [3.8, 4) is 0 Å². The zero-order valence-corrected chi connectivity index (χ0v) is 11.7.